The van der Waals surface area contributed by atoms with Crippen molar-refractivity contribution >= 4 is 11.5 Å². The van der Waals surface area contributed by atoms with Crippen molar-refractivity contribution in [3.05, 3.63) is 36.0 Å². The number of ether oxygens (including phenoxy) is 2. The molecule has 1 heterocycles. The quantitative estimate of drug-likeness (QED) is 0.368. The Morgan fingerprint density at radius 2 is 1.57 bits per heavy atom. The van der Waals surface area contributed by atoms with Gasteiger partial charge in [-0.05, 0) is 37.1 Å². The van der Waals surface area contributed by atoms with Crippen molar-refractivity contribution < 1.29 is 22.6 Å². The van der Waals surface area contributed by atoms with Gasteiger partial charge >= 0.3 is 12.2 Å². The number of alkyl halides is 3. The molecule has 8 heteroatoms. The molecule has 0 fully saturated rings. The van der Waals surface area contributed by atoms with Gasteiger partial charge in [-0.3, -0.25) is 0 Å². The highest BCUT2D eigenvalue weighted by Crippen LogP contribution is 2.38. The van der Waals surface area contributed by atoms with Crippen molar-refractivity contribution in [1.82, 2.24) is 9.97 Å². The Morgan fingerprint density at radius 3 is 2.20 bits per heavy atom. The molecule has 166 valence electrons. The van der Waals surface area contributed by atoms with Gasteiger partial charge in [0, 0.05) is 18.9 Å². The largest absolute Gasteiger partial charge is 0.494 e. The Kier molecular flexibility index (Phi) is 9.20. The topological polar surface area (TPSA) is 47.5 Å². The minimum Gasteiger partial charge on any atom is -0.494 e. The molecule has 0 saturated heterocycles. The number of anilines is 2. The number of unbranched alkanes of at least 4 members (excludes halogenated alkanes) is 4. The molecular weight excluding hydrogens is 395 g/mol. The Morgan fingerprint density at radius 1 is 0.900 bits per heavy atom. The first-order valence-electron chi connectivity index (χ1n) is 10.4. The zero-order chi connectivity index (χ0) is 22.0. The Bertz CT molecular complexity index is 767. The molecule has 0 aliphatic heterocycles. The summed E-state index contributed by atoms with van der Waals surface area (Å²) in [6, 6.07) is 6.85. The van der Waals surface area contributed by atoms with Crippen molar-refractivity contribution in [3.8, 4) is 11.8 Å². The van der Waals surface area contributed by atoms with Crippen molar-refractivity contribution in [2.45, 2.75) is 58.5 Å². The van der Waals surface area contributed by atoms with Crippen LogP contribution in [0.4, 0.5) is 24.7 Å². The maximum Gasteiger partial charge on any atom is 0.421 e. The van der Waals surface area contributed by atoms with Crippen LogP contribution in [-0.4, -0.2) is 30.2 Å². The molecule has 0 N–H and O–H groups in total. The number of halogens is 3. The molecule has 0 aliphatic rings. The van der Waals surface area contributed by atoms with Crippen LogP contribution in [0.3, 0.4) is 0 Å². The summed E-state index contributed by atoms with van der Waals surface area (Å²) >= 11 is 0. The molecule has 0 unspecified atom stereocenters. The van der Waals surface area contributed by atoms with E-state index in [1.165, 1.54) is 18.4 Å². The SMILES string of the molecule is CCCCCCOc1ccc(N(C)c2nc(OCCCC)ncc2C(F)(F)F)cc1. The summed E-state index contributed by atoms with van der Waals surface area (Å²) < 4.78 is 51.6. The summed E-state index contributed by atoms with van der Waals surface area (Å²) in [4.78, 5) is 9.13. The fourth-order valence-electron chi connectivity index (χ4n) is 2.80. The summed E-state index contributed by atoms with van der Waals surface area (Å²) in [5.41, 5.74) is -0.360. The van der Waals surface area contributed by atoms with Gasteiger partial charge in [0.25, 0.3) is 0 Å². The molecule has 0 bridgehead atoms. The van der Waals surface area contributed by atoms with E-state index in [9.17, 15) is 13.2 Å². The van der Waals surface area contributed by atoms with Crippen LogP contribution in [-0.2, 0) is 6.18 Å². The van der Waals surface area contributed by atoms with Crippen LogP contribution >= 0.6 is 0 Å². The molecule has 0 spiro atoms. The lowest BCUT2D eigenvalue weighted by molar-refractivity contribution is -0.137. The lowest BCUT2D eigenvalue weighted by Crippen LogP contribution is -2.19. The van der Waals surface area contributed by atoms with Gasteiger partial charge in [-0.2, -0.15) is 18.2 Å². The van der Waals surface area contributed by atoms with Gasteiger partial charge in [-0.15, -0.1) is 0 Å². The molecule has 30 heavy (non-hydrogen) atoms. The minimum atomic E-state index is -4.58. The zero-order valence-corrected chi connectivity index (χ0v) is 17.8. The van der Waals surface area contributed by atoms with Crippen molar-refractivity contribution in [2.24, 2.45) is 0 Å². The van der Waals surface area contributed by atoms with Crippen LogP contribution in [0.2, 0.25) is 0 Å². The number of benzene rings is 1. The van der Waals surface area contributed by atoms with E-state index in [2.05, 4.69) is 16.9 Å². The maximum absolute atomic E-state index is 13.5. The predicted molar refractivity (Wildman–Crippen MR) is 112 cm³/mol. The van der Waals surface area contributed by atoms with Crippen LogP contribution in [0.5, 0.6) is 11.8 Å². The monoisotopic (exact) mass is 425 g/mol. The zero-order valence-electron chi connectivity index (χ0n) is 17.8. The van der Waals surface area contributed by atoms with Crippen LogP contribution < -0.4 is 14.4 Å². The van der Waals surface area contributed by atoms with E-state index >= 15 is 0 Å². The Balaban J connectivity index is 2.15. The molecule has 0 radical (unpaired) electrons. The second-order valence-corrected chi connectivity index (χ2v) is 7.05. The Labute approximate surface area is 176 Å². The van der Waals surface area contributed by atoms with Gasteiger partial charge in [0.15, 0.2) is 5.82 Å². The number of nitrogens with zero attached hydrogens (tertiary/aromatic N) is 3. The highest BCUT2D eigenvalue weighted by molar-refractivity contribution is 5.63. The standard InChI is InChI=1S/C22H30F3N3O2/c1-4-6-8-9-15-29-18-12-10-17(11-13-18)28(3)20-19(22(23,24)25)16-26-21(27-20)30-14-7-5-2/h10-13,16H,4-9,14-15H2,1-3H3. The fourth-order valence-corrected chi connectivity index (χ4v) is 2.80. The number of rotatable bonds is 12. The summed E-state index contributed by atoms with van der Waals surface area (Å²) in [6.45, 7) is 5.13. The number of aromatic nitrogens is 2. The van der Waals surface area contributed by atoms with Gasteiger partial charge in [-0.25, -0.2) is 4.98 Å². The van der Waals surface area contributed by atoms with Gasteiger partial charge in [0.05, 0.1) is 13.2 Å². The summed E-state index contributed by atoms with van der Waals surface area (Å²) in [5, 5.41) is 0. The maximum atomic E-state index is 13.5. The molecule has 5 nitrogen and oxygen atoms in total. The fraction of sp³-hybridized carbons (Fsp3) is 0.545. The normalized spacial score (nSPS) is 11.4. The molecule has 1 aromatic carbocycles. The average molecular weight is 425 g/mol. The van der Waals surface area contributed by atoms with Gasteiger partial charge < -0.3 is 14.4 Å². The first kappa shape index (κ1) is 23.8. The molecule has 0 saturated carbocycles. The van der Waals surface area contributed by atoms with E-state index in [1.807, 2.05) is 6.92 Å². The van der Waals surface area contributed by atoms with Crippen molar-refractivity contribution in [2.75, 3.05) is 25.2 Å². The molecule has 1 aromatic heterocycles. The smallest absolute Gasteiger partial charge is 0.421 e. The van der Waals surface area contributed by atoms with E-state index in [1.54, 1.807) is 24.3 Å². The third kappa shape index (κ3) is 7.07. The molecule has 0 amide bonds. The van der Waals surface area contributed by atoms with Gasteiger partial charge in [0.1, 0.15) is 11.3 Å². The summed E-state index contributed by atoms with van der Waals surface area (Å²) in [6.07, 6.45) is 2.31. The van der Waals surface area contributed by atoms with Crippen molar-refractivity contribution in [3.63, 3.8) is 0 Å². The number of hydrogen-bond acceptors (Lipinski definition) is 5. The second-order valence-electron chi connectivity index (χ2n) is 7.05. The van der Waals surface area contributed by atoms with Gasteiger partial charge in [0.2, 0.25) is 0 Å². The van der Waals surface area contributed by atoms with E-state index in [0.717, 1.165) is 38.3 Å². The highest BCUT2D eigenvalue weighted by Gasteiger charge is 2.36. The lowest BCUT2D eigenvalue weighted by atomic mass is 10.2. The third-order valence-electron chi connectivity index (χ3n) is 4.59. The van der Waals surface area contributed by atoms with Crippen LogP contribution in [0.25, 0.3) is 0 Å². The first-order valence-corrected chi connectivity index (χ1v) is 10.4. The summed E-state index contributed by atoms with van der Waals surface area (Å²) in [7, 11) is 1.54. The van der Waals surface area contributed by atoms with Crippen LogP contribution in [0.15, 0.2) is 30.5 Å². The van der Waals surface area contributed by atoms with Crippen LogP contribution in [0.1, 0.15) is 57.9 Å². The van der Waals surface area contributed by atoms with E-state index < -0.39 is 11.7 Å². The van der Waals surface area contributed by atoms with Crippen LogP contribution in [0, 0.1) is 0 Å². The molecule has 0 atom stereocenters. The highest BCUT2D eigenvalue weighted by atomic mass is 19.4. The van der Waals surface area contributed by atoms with E-state index in [4.69, 9.17) is 9.47 Å². The first-order chi connectivity index (χ1) is 14.4. The molecule has 0 aliphatic carbocycles. The summed E-state index contributed by atoms with van der Waals surface area (Å²) in [5.74, 6) is 0.434. The van der Waals surface area contributed by atoms with E-state index in [-0.39, 0.29) is 11.8 Å². The predicted octanol–water partition coefficient (Wildman–Crippen LogP) is 6.40. The Hall–Kier alpha value is -2.51. The second kappa shape index (κ2) is 11.6. The van der Waals surface area contributed by atoms with Gasteiger partial charge in [-0.1, -0.05) is 39.5 Å². The molecule has 2 rings (SSSR count). The molecule has 2 aromatic rings. The lowest BCUT2D eigenvalue weighted by Gasteiger charge is -2.22. The average Bonchev–Trinajstić information content (AvgIpc) is 2.73. The molecular formula is C22H30F3N3O2. The number of hydrogen-bond donors (Lipinski definition) is 0. The van der Waals surface area contributed by atoms with Crippen molar-refractivity contribution in [1.29, 1.82) is 0 Å². The minimum absolute atomic E-state index is 0.0645. The third-order valence-corrected chi connectivity index (χ3v) is 4.59. The van der Waals surface area contributed by atoms with E-state index in [0.29, 0.717) is 24.7 Å².